The van der Waals surface area contributed by atoms with E-state index in [9.17, 15) is 4.39 Å². The third kappa shape index (κ3) is 6.43. The van der Waals surface area contributed by atoms with Crippen molar-refractivity contribution in [3.8, 4) is 11.3 Å². The van der Waals surface area contributed by atoms with Crippen LogP contribution in [0, 0.1) is 25.7 Å². The fraction of sp³-hybridized carbons (Fsp3) is 0.333. The molecule has 0 saturated carbocycles. The van der Waals surface area contributed by atoms with E-state index in [2.05, 4.69) is 16.0 Å². The third-order valence-electron chi connectivity index (χ3n) is 3.78. The molecule has 3 aromatic rings. The summed E-state index contributed by atoms with van der Waals surface area (Å²) >= 11 is 0. The molecule has 1 radical (unpaired) electrons. The van der Waals surface area contributed by atoms with Crippen molar-refractivity contribution < 1.29 is 34.7 Å². The zero-order valence-corrected chi connectivity index (χ0v) is 18.2. The largest absolute Gasteiger partial charge is 0.393 e. The molecule has 147 valence electrons. The number of benzene rings is 2. The average molecular weight is 548 g/mol. The molecule has 2 atom stereocenters. The number of fused-ring (bicyclic) bond motifs is 1. The first-order valence-electron chi connectivity index (χ1n) is 8.55. The molecule has 2 aromatic carbocycles. The molecule has 6 heteroatoms. The summed E-state index contributed by atoms with van der Waals surface area (Å²) in [5.41, 5.74) is 3.24. The molecular weight excluding hydrogens is 523 g/mol. The van der Waals surface area contributed by atoms with Crippen LogP contribution in [0.2, 0.25) is 0 Å². The monoisotopic (exact) mass is 548 g/mol. The van der Waals surface area contributed by atoms with E-state index >= 15 is 0 Å². The van der Waals surface area contributed by atoms with Gasteiger partial charge in [0, 0.05) is 43.5 Å². The second-order valence-electron chi connectivity index (χ2n) is 6.44. The van der Waals surface area contributed by atoms with Gasteiger partial charge in [0.25, 0.3) is 0 Å². The predicted molar refractivity (Wildman–Crippen MR) is 101 cm³/mol. The van der Waals surface area contributed by atoms with E-state index in [4.69, 9.17) is 10.2 Å². The van der Waals surface area contributed by atoms with Gasteiger partial charge in [0.2, 0.25) is 0 Å². The minimum atomic E-state index is -0.375. The van der Waals surface area contributed by atoms with Crippen LogP contribution in [-0.2, 0) is 20.1 Å². The fourth-order valence-electron chi connectivity index (χ4n) is 2.73. The van der Waals surface area contributed by atoms with E-state index in [1.807, 2.05) is 32.0 Å². The molecule has 1 heterocycles. The molecule has 0 amide bonds. The zero-order chi connectivity index (χ0) is 19.3. The van der Waals surface area contributed by atoms with Gasteiger partial charge in [0.05, 0.1) is 17.9 Å². The average Bonchev–Trinajstić information content (AvgIpc) is 2.56. The maximum absolute atomic E-state index is 13.8. The van der Waals surface area contributed by atoms with E-state index in [0.29, 0.717) is 11.8 Å². The first kappa shape index (κ1) is 23.3. The maximum atomic E-state index is 13.8. The Hall–Kier alpha value is -1.72. The van der Waals surface area contributed by atoms with Gasteiger partial charge in [-0.25, -0.2) is 0 Å². The van der Waals surface area contributed by atoms with Gasteiger partial charge in [-0.15, -0.1) is 17.7 Å². The number of hydrogen-bond donors (Lipinski definition) is 2. The van der Waals surface area contributed by atoms with E-state index in [-0.39, 0.29) is 38.1 Å². The summed E-state index contributed by atoms with van der Waals surface area (Å²) in [7, 11) is 0. The Morgan fingerprint density at radius 1 is 1.07 bits per heavy atom. The number of hydrogen-bond acceptors (Lipinski definition) is 4. The van der Waals surface area contributed by atoms with Crippen molar-refractivity contribution >= 4 is 10.8 Å². The van der Waals surface area contributed by atoms with Crippen molar-refractivity contribution in [1.82, 2.24) is 9.97 Å². The van der Waals surface area contributed by atoms with Crippen LogP contribution in [0.5, 0.6) is 0 Å². The first-order chi connectivity index (χ1) is 12.3. The second kappa shape index (κ2) is 10.6. The Morgan fingerprint density at radius 2 is 1.67 bits per heavy atom. The van der Waals surface area contributed by atoms with Crippen molar-refractivity contribution in [2.75, 3.05) is 0 Å². The summed E-state index contributed by atoms with van der Waals surface area (Å²) in [6, 6.07) is 11.7. The van der Waals surface area contributed by atoms with E-state index in [1.54, 1.807) is 26.1 Å². The van der Waals surface area contributed by atoms with Crippen molar-refractivity contribution in [1.29, 1.82) is 0 Å². The van der Waals surface area contributed by atoms with E-state index in [1.165, 1.54) is 6.07 Å². The summed E-state index contributed by atoms with van der Waals surface area (Å²) in [4.78, 5) is 8.81. The van der Waals surface area contributed by atoms with Crippen LogP contribution in [0.3, 0.4) is 0 Å². The van der Waals surface area contributed by atoms with Crippen LogP contribution < -0.4 is 0 Å². The first-order valence-corrected chi connectivity index (χ1v) is 8.55. The number of aryl methyl sites for hydroxylation is 2. The van der Waals surface area contributed by atoms with Crippen LogP contribution in [0.1, 0.15) is 31.7 Å². The molecule has 2 N–H and O–H groups in total. The smallest absolute Gasteiger partial charge is 0.0539 e. The van der Waals surface area contributed by atoms with Gasteiger partial charge in [-0.1, -0.05) is 35.0 Å². The molecule has 0 saturated heterocycles. The minimum absolute atomic E-state index is 0. The summed E-state index contributed by atoms with van der Waals surface area (Å²) < 4.78 is 13.8. The van der Waals surface area contributed by atoms with Gasteiger partial charge in [-0.3, -0.25) is 9.37 Å². The number of halogens is 1. The molecule has 0 bridgehead atoms. The molecule has 27 heavy (non-hydrogen) atoms. The van der Waals surface area contributed by atoms with Gasteiger partial charge in [0.15, 0.2) is 0 Å². The molecule has 1 aromatic heterocycles. The van der Waals surface area contributed by atoms with Crippen LogP contribution in [-0.4, -0.2) is 32.4 Å². The van der Waals surface area contributed by atoms with Gasteiger partial charge in [0.1, 0.15) is 0 Å². The van der Waals surface area contributed by atoms with Gasteiger partial charge < -0.3 is 15.2 Å². The van der Waals surface area contributed by atoms with Crippen LogP contribution >= 0.6 is 0 Å². The summed E-state index contributed by atoms with van der Waals surface area (Å²) in [6.45, 7) is 7.12. The van der Waals surface area contributed by atoms with Crippen molar-refractivity contribution in [2.45, 2.75) is 46.3 Å². The van der Waals surface area contributed by atoms with Crippen molar-refractivity contribution in [3.05, 3.63) is 59.8 Å². The van der Waals surface area contributed by atoms with Gasteiger partial charge in [-0.05, 0) is 34.1 Å². The third-order valence-corrected chi connectivity index (χ3v) is 3.78. The molecule has 0 aliphatic carbocycles. The van der Waals surface area contributed by atoms with Crippen molar-refractivity contribution in [2.24, 2.45) is 0 Å². The van der Waals surface area contributed by atoms with Gasteiger partial charge in [-0.2, -0.15) is 0 Å². The Bertz CT molecular complexity index is 879. The Kier molecular flexibility index (Phi) is 9.13. The van der Waals surface area contributed by atoms with E-state index < -0.39 is 0 Å². The normalized spacial score (nSPS) is 12.6. The van der Waals surface area contributed by atoms with Crippen molar-refractivity contribution in [3.63, 3.8) is 0 Å². The summed E-state index contributed by atoms with van der Waals surface area (Å²) in [5, 5.41) is 18.5. The molecule has 0 aliphatic heterocycles. The Balaban J connectivity index is 0.000000395. The predicted octanol–water partition coefficient (Wildman–Crippen LogP) is 3.99. The Labute approximate surface area is 172 Å². The molecule has 0 spiro atoms. The molecule has 0 aliphatic rings. The van der Waals surface area contributed by atoms with Gasteiger partial charge >= 0.3 is 0 Å². The molecule has 3 rings (SSSR count). The SMILES string of the molecule is CC(O)CC(C)O.Cc1cnc(-c2[c-]cc(F)c3ccccc23)c(C)n1.[Ir]. The number of rotatable bonds is 3. The second-order valence-corrected chi connectivity index (χ2v) is 6.44. The van der Waals surface area contributed by atoms with Crippen LogP contribution in [0.4, 0.5) is 4.39 Å². The van der Waals surface area contributed by atoms with Crippen LogP contribution in [0.15, 0.2) is 36.5 Å². The zero-order valence-electron chi connectivity index (χ0n) is 15.8. The van der Waals surface area contributed by atoms with E-state index in [0.717, 1.165) is 28.0 Å². The molecule has 4 nitrogen and oxygen atoms in total. The number of aliphatic hydroxyl groups excluding tert-OH is 2. The number of nitrogens with zero attached hydrogens (tertiary/aromatic N) is 2. The maximum Gasteiger partial charge on any atom is 0.0539 e. The molecule has 0 fully saturated rings. The molecular formula is C21H24FIrN2O2-. The topological polar surface area (TPSA) is 66.2 Å². The number of aliphatic hydroxyl groups is 2. The quantitative estimate of drug-likeness (QED) is 0.487. The molecule has 2 unspecified atom stereocenters. The summed E-state index contributed by atoms with van der Waals surface area (Å²) in [5.74, 6) is -0.267. The summed E-state index contributed by atoms with van der Waals surface area (Å²) in [6.07, 6.45) is 1.44. The minimum Gasteiger partial charge on any atom is -0.393 e. The fourth-order valence-corrected chi connectivity index (χ4v) is 2.73. The number of aromatic nitrogens is 2. The standard InChI is InChI=1S/C16H12FN2.C5H12O2.Ir/c1-10-9-18-16(11(2)19-10)14-7-8-15(17)13-6-4-3-5-12(13)14;1-4(6)3-5(2)7;/h3-6,8-9H,1-2H3;4-7H,3H2,1-2H3;/q-1;;. The Morgan fingerprint density at radius 3 is 2.19 bits per heavy atom. The van der Waals surface area contributed by atoms with Crippen LogP contribution in [0.25, 0.3) is 22.0 Å².